The first-order chi connectivity index (χ1) is 16.8. The van der Waals surface area contributed by atoms with Crippen LogP contribution in [-0.4, -0.2) is 48.0 Å². The van der Waals surface area contributed by atoms with Crippen LogP contribution >= 0.6 is 15.9 Å². The normalized spacial score (nSPS) is 20.9. The van der Waals surface area contributed by atoms with E-state index in [0.29, 0.717) is 38.6 Å². The molecule has 2 aliphatic heterocycles. The van der Waals surface area contributed by atoms with Crippen molar-refractivity contribution in [2.75, 3.05) is 41.3 Å². The van der Waals surface area contributed by atoms with Crippen LogP contribution in [-0.2, 0) is 0 Å². The Bertz CT molecular complexity index is 1270. The minimum Gasteiger partial charge on any atom is -0.460 e. The highest BCUT2D eigenvalue weighted by Gasteiger charge is 2.45. The number of hydrogen-bond acceptors (Lipinski definition) is 6. The summed E-state index contributed by atoms with van der Waals surface area (Å²) in [4.78, 5) is 26.6. The van der Waals surface area contributed by atoms with Crippen molar-refractivity contribution in [3.63, 3.8) is 0 Å². The minimum absolute atomic E-state index is 0.171. The van der Waals surface area contributed by atoms with Crippen LogP contribution in [0.15, 0.2) is 39.5 Å². The molecule has 1 spiro atoms. The quantitative estimate of drug-likeness (QED) is 0.414. The van der Waals surface area contributed by atoms with Gasteiger partial charge in [-0.05, 0) is 71.3 Å². The summed E-state index contributed by atoms with van der Waals surface area (Å²) in [5, 5.41) is 3.67. The third kappa shape index (κ3) is 4.48. The Morgan fingerprint density at radius 2 is 1.63 bits per heavy atom. The van der Waals surface area contributed by atoms with E-state index in [1.807, 2.05) is 0 Å². The highest BCUT2D eigenvalue weighted by Crippen LogP contribution is 2.54. The van der Waals surface area contributed by atoms with Gasteiger partial charge in [0.15, 0.2) is 11.4 Å². The number of hydrogen-bond donors (Lipinski definition) is 1. The van der Waals surface area contributed by atoms with Gasteiger partial charge in [-0.3, -0.25) is 4.79 Å². The van der Waals surface area contributed by atoms with Gasteiger partial charge in [0.1, 0.15) is 16.2 Å². The Morgan fingerprint density at radius 1 is 0.943 bits per heavy atom. The Kier molecular flexibility index (Phi) is 5.47. The molecule has 6 rings (SSSR count). The maximum atomic E-state index is 13.7. The monoisotopic (exact) mass is 545 g/mol. The zero-order valence-corrected chi connectivity index (χ0v) is 20.8. The lowest BCUT2D eigenvalue weighted by molar-refractivity contribution is -0.0221. The van der Waals surface area contributed by atoms with Gasteiger partial charge < -0.3 is 19.5 Å². The summed E-state index contributed by atoms with van der Waals surface area (Å²) in [5.74, 6) is -1.49. The van der Waals surface area contributed by atoms with E-state index in [1.54, 1.807) is 35.4 Å². The summed E-state index contributed by atoms with van der Waals surface area (Å²) in [5.41, 5.74) is 1.53. The molecule has 1 saturated carbocycles. The van der Waals surface area contributed by atoms with Gasteiger partial charge in [0.25, 0.3) is 11.8 Å². The number of furan rings is 1. The predicted molar refractivity (Wildman–Crippen MR) is 133 cm³/mol. The SMILES string of the molecule is O=C(Nc1cc2ccoc2c(N2CCC(F)(F)CC2)n1)c1ccc(Br)nc1N1CCC2(CC1)CC2. The summed E-state index contributed by atoms with van der Waals surface area (Å²) in [6, 6.07) is 7.05. The van der Waals surface area contributed by atoms with E-state index < -0.39 is 5.92 Å². The van der Waals surface area contributed by atoms with Crippen LogP contribution in [0.5, 0.6) is 0 Å². The van der Waals surface area contributed by atoms with E-state index in [-0.39, 0.29) is 31.8 Å². The van der Waals surface area contributed by atoms with Crippen molar-refractivity contribution in [1.82, 2.24) is 9.97 Å². The summed E-state index contributed by atoms with van der Waals surface area (Å²) in [7, 11) is 0. The number of carbonyl (C=O) groups is 1. The van der Waals surface area contributed by atoms with Crippen molar-refractivity contribution in [3.8, 4) is 0 Å². The molecule has 0 aromatic carbocycles. The molecular formula is C25H26BrF2N5O2. The third-order valence-electron chi connectivity index (χ3n) is 7.62. The first-order valence-electron chi connectivity index (χ1n) is 12.0. The van der Waals surface area contributed by atoms with Crippen LogP contribution in [0, 0.1) is 5.41 Å². The van der Waals surface area contributed by atoms with E-state index >= 15 is 0 Å². The number of amides is 1. The highest BCUT2D eigenvalue weighted by atomic mass is 79.9. The molecule has 0 atom stereocenters. The van der Waals surface area contributed by atoms with E-state index in [4.69, 9.17) is 4.42 Å². The van der Waals surface area contributed by atoms with E-state index in [1.165, 1.54) is 12.8 Å². The number of pyridine rings is 2. The average Bonchev–Trinajstić information content (AvgIpc) is 3.41. The maximum absolute atomic E-state index is 13.7. The molecule has 10 heteroatoms. The number of piperidine rings is 2. The number of alkyl halides is 2. The van der Waals surface area contributed by atoms with Crippen molar-refractivity contribution < 1.29 is 18.0 Å². The molecule has 0 radical (unpaired) electrons. The predicted octanol–water partition coefficient (Wildman–Crippen LogP) is 5.85. The fraction of sp³-hybridized carbons (Fsp3) is 0.480. The molecule has 35 heavy (non-hydrogen) atoms. The highest BCUT2D eigenvalue weighted by molar-refractivity contribution is 9.10. The number of rotatable bonds is 4. The van der Waals surface area contributed by atoms with Gasteiger partial charge in [-0.25, -0.2) is 18.7 Å². The molecule has 3 aromatic heterocycles. The summed E-state index contributed by atoms with van der Waals surface area (Å²) < 4.78 is 33.7. The molecule has 5 heterocycles. The van der Waals surface area contributed by atoms with Crippen LogP contribution in [0.4, 0.5) is 26.2 Å². The van der Waals surface area contributed by atoms with Gasteiger partial charge in [-0.15, -0.1) is 0 Å². The Labute approximate surface area is 210 Å². The third-order valence-corrected chi connectivity index (χ3v) is 8.06. The lowest BCUT2D eigenvalue weighted by Gasteiger charge is -2.34. The molecule has 0 unspecified atom stereocenters. The number of nitrogens with zero attached hydrogens (tertiary/aromatic N) is 4. The van der Waals surface area contributed by atoms with Gasteiger partial charge in [0.2, 0.25) is 0 Å². The average molecular weight is 546 g/mol. The van der Waals surface area contributed by atoms with Gasteiger partial charge in [0.05, 0.1) is 11.8 Å². The first-order valence-corrected chi connectivity index (χ1v) is 12.8. The molecule has 7 nitrogen and oxygen atoms in total. The lowest BCUT2D eigenvalue weighted by atomic mass is 9.93. The fourth-order valence-electron chi connectivity index (χ4n) is 5.18. The Morgan fingerprint density at radius 3 is 2.34 bits per heavy atom. The molecule has 3 aromatic rings. The van der Waals surface area contributed by atoms with Crippen molar-refractivity contribution in [3.05, 3.63) is 40.7 Å². The van der Waals surface area contributed by atoms with E-state index in [2.05, 4.69) is 36.1 Å². The fourth-order valence-corrected chi connectivity index (χ4v) is 5.48. The molecule has 184 valence electrons. The first kappa shape index (κ1) is 22.7. The molecule has 2 saturated heterocycles. The summed E-state index contributed by atoms with van der Waals surface area (Å²) >= 11 is 3.45. The number of halogens is 3. The van der Waals surface area contributed by atoms with Gasteiger partial charge >= 0.3 is 0 Å². The Hall–Kier alpha value is -2.75. The molecule has 0 bridgehead atoms. The van der Waals surface area contributed by atoms with Crippen LogP contribution in [0.25, 0.3) is 11.0 Å². The largest absolute Gasteiger partial charge is 0.460 e. The Balaban J connectivity index is 1.27. The van der Waals surface area contributed by atoms with E-state index in [9.17, 15) is 13.6 Å². The van der Waals surface area contributed by atoms with Gasteiger partial charge in [-0.2, -0.15) is 0 Å². The second kappa shape index (κ2) is 8.43. The molecule has 1 N–H and O–H groups in total. The van der Waals surface area contributed by atoms with Crippen molar-refractivity contribution >= 4 is 50.3 Å². The van der Waals surface area contributed by atoms with Crippen LogP contribution in [0.1, 0.15) is 48.9 Å². The summed E-state index contributed by atoms with van der Waals surface area (Å²) in [6.07, 6.45) is 5.92. The second-order valence-electron chi connectivity index (χ2n) is 9.96. The number of anilines is 3. The lowest BCUT2D eigenvalue weighted by Crippen LogP contribution is -2.39. The number of carbonyl (C=O) groups excluding carboxylic acids is 1. The van der Waals surface area contributed by atoms with Crippen LogP contribution < -0.4 is 15.1 Å². The molecular weight excluding hydrogens is 520 g/mol. The van der Waals surface area contributed by atoms with Crippen molar-refractivity contribution in [2.24, 2.45) is 5.41 Å². The zero-order chi connectivity index (χ0) is 24.2. The number of fused-ring (bicyclic) bond motifs is 1. The van der Waals surface area contributed by atoms with Crippen molar-refractivity contribution in [1.29, 1.82) is 0 Å². The van der Waals surface area contributed by atoms with Gasteiger partial charge in [-0.1, -0.05) is 0 Å². The zero-order valence-electron chi connectivity index (χ0n) is 19.2. The smallest absolute Gasteiger partial charge is 0.260 e. The minimum atomic E-state index is -2.66. The van der Waals surface area contributed by atoms with Gasteiger partial charge in [0, 0.05) is 44.4 Å². The van der Waals surface area contributed by atoms with Crippen LogP contribution in [0.2, 0.25) is 0 Å². The maximum Gasteiger partial charge on any atom is 0.260 e. The standard InChI is InChI=1S/C25H26BrF2N5O2/c26-18-2-1-17(21(29-18)32-10-6-24(4-5-24)7-11-32)23(34)31-19-15-16-3-14-35-20(16)22(30-19)33-12-8-25(27,28)9-13-33/h1-3,14-15H,4-13H2,(H,30,31,34). The van der Waals surface area contributed by atoms with E-state index in [0.717, 1.165) is 31.3 Å². The summed E-state index contributed by atoms with van der Waals surface area (Å²) in [6.45, 7) is 2.11. The second-order valence-corrected chi connectivity index (χ2v) is 10.8. The molecule has 3 aliphatic rings. The molecule has 1 amide bonds. The molecule has 3 fully saturated rings. The van der Waals surface area contributed by atoms with Crippen molar-refractivity contribution in [2.45, 2.75) is 44.4 Å². The topological polar surface area (TPSA) is 74.5 Å². The van der Waals surface area contributed by atoms with Crippen LogP contribution in [0.3, 0.4) is 0 Å². The number of aromatic nitrogens is 2. The molecule has 1 aliphatic carbocycles. The number of nitrogens with one attached hydrogen (secondary N) is 1.